The van der Waals surface area contributed by atoms with E-state index in [-0.39, 0.29) is 17.4 Å². The maximum atomic E-state index is 11.9. The van der Waals surface area contributed by atoms with Gasteiger partial charge in [-0.2, -0.15) is 0 Å². The van der Waals surface area contributed by atoms with E-state index in [0.717, 1.165) is 13.8 Å². The van der Waals surface area contributed by atoms with E-state index in [1.165, 1.54) is 32.0 Å². The van der Waals surface area contributed by atoms with E-state index in [9.17, 15) is 19.2 Å². The summed E-state index contributed by atoms with van der Waals surface area (Å²) < 4.78 is 27.5. The first-order valence-corrected chi connectivity index (χ1v) is 10.3. The van der Waals surface area contributed by atoms with E-state index in [0.29, 0.717) is 5.02 Å². The summed E-state index contributed by atoms with van der Waals surface area (Å²) in [6.07, 6.45) is -4.80. The Kier molecular flexibility index (Phi) is 9.11. The van der Waals surface area contributed by atoms with Crippen molar-refractivity contribution in [3.63, 3.8) is 0 Å². The van der Waals surface area contributed by atoms with Crippen molar-refractivity contribution in [1.82, 2.24) is 5.32 Å². The van der Waals surface area contributed by atoms with Crippen molar-refractivity contribution in [2.45, 2.75) is 58.3 Å². The largest absolute Gasteiger partial charge is 0.463 e. The summed E-state index contributed by atoms with van der Waals surface area (Å²) in [5.74, 6) is -2.35. The first kappa shape index (κ1) is 25.7. The van der Waals surface area contributed by atoms with Gasteiger partial charge in [0, 0.05) is 32.7 Å². The molecule has 0 aromatic heterocycles. The Balaban J connectivity index is 2.47. The zero-order chi connectivity index (χ0) is 24.0. The molecule has 1 aromatic carbocycles. The Morgan fingerprint density at radius 1 is 0.969 bits per heavy atom. The highest BCUT2D eigenvalue weighted by Gasteiger charge is 2.52. The molecule has 1 fully saturated rings. The molecule has 5 atom stereocenters. The van der Waals surface area contributed by atoms with Crippen LogP contribution in [0.2, 0.25) is 10.0 Å². The van der Waals surface area contributed by atoms with Gasteiger partial charge in [0.1, 0.15) is 24.5 Å². The lowest BCUT2D eigenvalue weighted by Gasteiger charge is -2.44. The van der Waals surface area contributed by atoms with Gasteiger partial charge in [0.25, 0.3) is 0 Å². The molecule has 1 aliphatic heterocycles. The molecule has 0 spiro atoms. The lowest BCUT2D eigenvalue weighted by molar-refractivity contribution is -0.257. The molecule has 0 saturated carbocycles. The number of ether oxygens (including phenoxy) is 5. The van der Waals surface area contributed by atoms with Crippen LogP contribution in [-0.2, 0) is 38.1 Å². The van der Waals surface area contributed by atoms with Crippen LogP contribution in [0.25, 0.3) is 0 Å². The molecular weight excluding hydrogens is 469 g/mol. The molecule has 12 heteroatoms. The van der Waals surface area contributed by atoms with Crippen LogP contribution in [0.1, 0.15) is 27.7 Å². The van der Waals surface area contributed by atoms with Crippen LogP contribution < -0.4 is 10.1 Å². The Morgan fingerprint density at radius 2 is 1.59 bits per heavy atom. The second kappa shape index (κ2) is 11.3. The number of halogens is 2. The Bertz CT molecular complexity index is 879. The maximum absolute atomic E-state index is 11.9. The van der Waals surface area contributed by atoms with Crippen LogP contribution in [0.3, 0.4) is 0 Å². The number of rotatable bonds is 7. The summed E-state index contributed by atoms with van der Waals surface area (Å²) in [5, 5.41) is 3.12. The summed E-state index contributed by atoms with van der Waals surface area (Å²) in [6.45, 7) is 4.39. The monoisotopic (exact) mass is 491 g/mol. The van der Waals surface area contributed by atoms with Gasteiger partial charge >= 0.3 is 17.9 Å². The predicted octanol–water partition coefficient (Wildman–Crippen LogP) is 2.03. The second-order valence-corrected chi connectivity index (χ2v) is 7.76. The second-order valence-electron chi connectivity index (χ2n) is 6.91. The molecule has 1 saturated heterocycles. The molecule has 32 heavy (non-hydrogen) atoms. The highest BCUT2D eigenvalue weighted by molar-refractivity contribution is 6.35. The first-order valence-electron chi connectivity index (χ1n) is 9.50. The summed E-state index contributed by atoms with van der Waals surface area (Å²) in [4.78, 5) is 46.8. The summed E-state index contributed by atoms with van der Waals surface area (Å²) in [6, 6.07) is 3.34. The van der Waals surface area contributed by atoms with Gasteiger partial charge in [0.2, 0.25) is 12.2 Å². The van der Waals surface area contributed by atoms with Gasteiger partial charge in [-0.25, -0.2) is 0 Å². The zero-order valence-corrected chi connectivity index (χ0v) is 19.3. The quantitative estimate of drug-likeness (QED) is 0.449. The van der Waals surface area contributed by atoms with E-state index in [2.05, 4.69) is 5.32 Å². The van der Waals surface area contributed by atoms with Gasteiger partial charge in [-0.3, -0.25) is 19.2 Å². The maximum Gasteiger partial charge on any atom is 0.303 e. The molecule has 176 valence electrons. The molecule has 10 nitrogen and oxygen atoms in total. The van der Waals surface area contributed by atoms with Crippen LogP contribution in [0, 0.1) is 0 Å². The fraction of sp³-hybridized carbons (Fsp3) is 0.500. The number of benzene rings is 1. The molecule has 0 bridgehead atoms. The number of hydrogen-bond donors (Lipinski definition) is 1. The van der Waals surface area contributed by atoms with Crippen molar-refractivity contribution in [2.75, 3.05) is 6.61 Å². The van der Waals surface area contributed by atoms with Crippen molar-refractivity contribution in [2.24, 2.45) is 0 Å². The molecule has 2 rings (SSSR count). The van der Waals surface area contributed by atoms with E-state index >= 15 is 0 Å². The molecular formula is C20H23Cl2NO9. The van der Waals surface area contributed by atoms with E-state index in [1.807, 2.05) is 0 Å². The molecule has 1 N–H and O–H groups in total. The van der Waals surface area contributed by atoms with Crippen molar-refractivity contribution in [1.29, 1.82) is 0 Å². The van der Waals surface area contributed by atoms with Gasteiger partial charge in [-0.15, -0.1) is 0 Å². The smallest absolute Gasteiger partial charge is 0.303 e. The Hall–Kier alpha value is -2.56. The van der Waals surface area contributed by atoms with Crippen LogP contribution in [-0.4, -0.2) is 61.1 Å². The molecule has 0 unspecified atom stereocenters. The lowest BCUT2D eigenvalue weighted by atomic mass is 9.96. The SMILES string of the molecule is CC(=O)N[C@H]1[C@@H](Oc2ccc(Cl)cc2Cl)O[C@@H](COC(C)=O)[C@@H](OC(C)=O)[C@H]1OC(C)=O. The third-order valence-electron chi connectivity index (χ3n) is 4.21. The Labute approximate surface area is 194 Å². The number of amides is 1. The van der Waals surface area contributed by atoms with Gasteiger partial charge in [0.05, 0.1) is 5.02 Å². The third kappa shape index (κ3) is 7.25. The summed E-state index contributed by atoms with van der Waals surface area (Å²) in [7, 11) is 0. The van der Waals surface area contributed by atoms with Gasteiger partial charge in [0.15, 0.2) is 12.2 Å². The molecule has 1 aliphatic rings. The number of carbonyl (C=O) groups is 4. The van der Waals surface area contributed by atoms with Gasteiger partial charge in [-0.05, 0) is 18.2 Å². The van der Waals surface area contributed by atoms with E-state index in [4.69, 9.17) is 46.9 Å². The van der Waals surface area contributed by atoms with Gasteiger partial charge < -0.3 is 29.0 Å². The zero-order valence-electron chi connectivity index (χ0n) is 17.8. The first-order chi connectivity index (χ1) is 15.0. The van der Waals surface area contributed by atoms with Crippen LogP contribution >= 0.6 is 23.2 Å². The molecule has 0 radical (unpaired) electrons. The minimum absolute atomic E-state index is 0.158. The average molecular weight is 492 g/mol. The number of nitrogens with one attached hydrogen (secondary N) is 1. The standard InChI is InChI=1S/C20H23Cl2NO9/c1-9(24)23-17-19(30-12(4)27)18(29-11(3)26)16(8-28-10(2)25)32-20(17)31-15-6-5-13(21)7-14(15)22/h5-7,16-20H,8H2,1-4H3,(H,23,24)/t16-,17+,18+,19-,20-/m0/s1. The molecule has 1 heterocycles. The van der Waals surface area contributed by atoms with Crippen molar-refractivity contribution >= 4 is 47.0 Å². The van der Waals surface area contributed by atoms with E-state index in [1.54, 1.807) is 0 Å². The normalized spacial score (nSPS) is 24.8. The third-order valence-corrected chi connectivity index (χ3v) is 4.74. The Morgan fingerprint density at radius 3 is 2.12 bits per heavy atom. The highest BCUT2D eigenvalue weighted by atomic mass is 35.5. The van der Waals surface area contributed by atoms with Crippen LogP contribution in [0.15, 0.2) is 18.2 Å². The minimum atomic E-state index is -1.27. The fourth-order valence-electron chi connectivity index (χ4n) is 3.09. The molecule has 1 aromatic rings. The minimum Gasteiger partial charge on any atom is -0.463 e. The summed E-state index contributed by atoms with van der Waals surface area (Å²) >= 11 is 12.1. The molecule has 1 amide bonds. The topological polar surface area (TPSA) is 126 Å². The average Bonchev–Trinajstić information content (AvgIpc) is 2.65. The highest BCUT2D eigenvalue weighted by Crippen LogP contribution is 2.33. The van der Waals surface area contributed by atoms with Crippen LogP contribution in [0.4, 0.5) is 0 Å². The predicted molar refractivity (Wildman–Crippen MR) is 111 cm³/mol. The van der Waals surface area contributed by atoms with E-state index < -0.39 is 54.5 Å². The summed E-state index contributed by atoms with van der Waals surface area (Å²) in [5.41, 5.74) is 0. The van der Waals surface area contributed by atoms with Gasteiger partial charge in [-0.1, -0.05) is 23.2 Å². The number of hydrogen-bond acceptors (Lipinski definition) is 9. The molecule has 0 aliphatic carbocycles. The van der Waals surface area contributed by atoms with Crippen molar-refractivity contribution < 1.29 is 42.9 Å². The number of carbonyl (C=O) groups excluding carboxylic acids is 4. The van der Waals surface area contributed by atoms with Crippen molar-refractivity contribution in [3.05, 3.63) is 28.2 Å². The lowest BCUT2D eigenvalue weighted by Crippen LogP contribution is -2.67. The fourth-order valence-corrected chi connectivity index (χ4v) is 3.54. The van der Waals surface area contributed by atoms with Crippen LogP contribution in [0.5, 0.6) is 5.75 Å². The number of esters is 3. The van der Waals surface area contributed by atoms with Crippen molar-refractivity contribution in [3.8, 4) is 5.75 Å².